The summed E-state index contributed by atoms with van der Waals surface area (Å²) < 4.78 is 19.0. The molecule has 5 rings (SSSR count). The number of anilines is 1. The van der Waals surface area contributed by atoms with Crippen LogP contribution in [0.1, 0.15) is 60.2 Å². The first-order valence-electron chi connectivity index (χ1n) is 13.7. The maximum Gasteiger partial charge on any atom is 0.255 e. The number of primary amides is 1. The van der Waals surface area contributed by atoms with E-state index in [1.807, 2.05) is 12.1 Å². The highest BCUT2D eigenvalue weighted by Gasteiger charge is 2.27. The molecule has 2 aliphatic rings. The van der Waals surface area contributed by atoms with Crippen LogP contribution in [0.4, 0.5) is 5.69 Å². The Hall–Kier alpha value is -3.83. The van der Waals surface area contributed by atoms with Crippen molar-refractivity contribution in [2.45, 2.75) is 57.3 Å². The number of nitrogens with two attached hydrogens (primary N) is 1. The van der Waals surface area contributed by atoms with Gasteiger partial charge in [-0.3, -0.25) is 9.59 Å². The topological polar surface area (TPSA) is 141 Å². The van der Waals surface area contributed by atoms with Gasteiger partial charge in [0, 0.05) is 30.9 Å². The zero-order valence-corrected chi connectivity index (χ0v) is 23.0. The predicted molar refractivity (Wildman–Crippen MR) is 149 cm³/mol. The molecule has 0 spiro atoms. The molecule has 11 heteroatoms. The van der Waals surface area contributed by atoms with Gasteiger partial charge in [0.25, 0.3) is 11.8 Å². The van der Waals surface area contributed by atoms with E-state index in [2.05, 4.69) is 15.3 Å². The van der Waals surface area contributed by atoms with Crippen LogP contribution in [0.15, 0.2) is 42.7 Å². The van der Waals surface area contributed by atoms with Crippen LogP contribution in [-0.4, -0.2) is 77.2 Å². The first-order chi connectivity index (χ1) is 19.2. The zero-order chi connectivity index (χ0) is 28.3. The minimum atomic E-state index is -0.953. The number of amides is 2. The van der Waals surface area contributed by atoms with Gasteiger partial charge in [0.15, 0.2) is 0 Å². The smallest absolute Gasteiger partial charge is 0.255 e. The number of nitrogens with one attached hydrogen (secondary N) is 1. The second kappa shape index (κ2) is 11.7. The largest absolute Gasteiger partial charge is 0.490 e. The molecule has 0 radical (unpaired) electrons. The fourth-order valence-electron chi connectivity index (χ4n) is 5.08. The Morgan fingerprint density at radius 3 is 2.58 bits per heavy atom. The Balaban J connectivity index is 1.18. The molecule has 40 heavy (non-hydrogen) atoms. The van der Waals surface area contributed by atoms with Crippen molar-refractivity contribution in [2.75, 3.05) is 37.8 Å². The second-order valence-electron chi connectivity index (χ2n) is 11.1. The van der Waals surface area contributed by atoms with Crippen molar-refractivity contribution < 1.29 is 28.9 Å². The maximum atomic E-state index is 13.1. The predicted octanol–water partition coefficient (Wildman–Crippen LogP) is 2.54. The molecule has 214 valence electrons. The van der Waals surface area contributed by atoms with E-state index in [1.165, 1.54) is 0 Å². The molecule has 0 atom stereocenters. The minimum absolute atomic E-state index is 0.00647. The summed E-state index contributed by atoms with van der Waals surface area (Å²) in [7, 11) is 0. The van der Waals surface area contributed by atoms with Crippen LogP contribution in [0, 0.1) is 0 Å². The maximum absolute atomic E-state index is 13.1. The van der Waals surface area contributed by atoms with Gasteiger partial charge in [-0.05, 0) is 63.8 Å². The van der Waals surface area contributed by atoms with Crippen LogP contribution in [0.2, 0.25) is 0 Å². The Kier molecular flexibility index (Phi) is 8.13. The molecule has 2 amide bonds. The van der Waals surface area contributed by atoms with Crippen LogP contribution >= 0.6 is 0 Å². The Morgan fingerprint density at radius 2 is 1.88 bits per heavy atom. The van der Waals surface area contributed by atoms with Crippen molar-refractivity contribution in [2.24, 2.45) is 5.73 Å². The lowest BCUT2D eigenvalue weighted by atomic mass is 9.92. The van der Waals surface area contributed by atoms with E-state index < -0.39 is 11.5 Å². The van der Waals surface area contributed by atoms with Gasteiger partial charge in [-0.2, -0.15) is 5.10 Å². The number of carbonyl (C=O) groups is 2. The van der Waals surface area contributed by atoms with E-state index in [9.17, 15) is 14.7 Å². The van der Waals surface area contributed by atoms with Crippen molar-refractivity contribution >= 4 is 23.0 Å². The van der Waals surface area contributed by atoms with Crippen molar-refractivity contribution in [3.05, 3.63) is 53.9 Å². The van der Waals surface area contributed by atoms with Crippen LogP contribution in [0.3, 0.4) is 0 Å². The number of nitrogens with zero attached hydrogens (tertiary/aromatic N) is 3. The number of hydrogen-bond donors (Lipinski definition) is 3. The summed E-state index contributed by atoms with van der Waals surface area (Å²) in [4.78, 5) is 27.3. The van der Waals surface area contributed by atoms with Gasteiger partial charge in [0.05, 0.1) is 54.0 Å². The van der Waals surface area contributed by atoms with E-state index in [-0.39, 0.29) is 24.7 Å². The van der Waals surface area contributed by atoms with Gasteiger partial charge in [-0.1, -0.05) is 0 Å². The molecule has 2 aromatic heterocycles. The fraction of sp³-hybridized carbons (Fsp3) is 0.483. The summed E-state index contributed by atoms with van der Waals surface area (Å²) in [6.45, 7) is 6.37. The number of morpholine rings is 1. The van der Waals surface area contributed by atoms with E-state index >= 15 is 0 Å². The molecule has 11 nitrogen and oxygen atoms in total. The first kappa shape index (κ1) is 27.7. The molecule has 4 N–H and O–H groups in total. The highest BCUT2D eigenvalue weighted by atomic mass is 16.5. The number of hydrogen-bond acceptors (Lipinski definition) is 8. The summed E-state index contributed by atoms with van der Waals surface area (Å²) in [5.74, 6) is 0.353. The Bertz CT molecular complexity index is 1350. The van der Waals surface area contributed by atoms with E-state index in [1.54, 1.807) is 49.0 Å². The lowest BCUT2D eigenvalue weighted by molar-refractivity contribution is 0.0283. The lowest BCUT2D eigenvalue weighted by Gasteiger charge is -2.31. The number of pyridine rings is 1. The van der Waals surface area contributed by atoms with E-state index in [0.717, 1.165) is 44.5 Å². The lowest BCUT2D eigenvalue weighted by Crippen LogP contribution is -2.39. The highest BCUT2D eigenvalue weighted by Crippen LogP contribution is 2.31. The fourth-order valence-corrected chi connectivity index (χ4v) is 5.08. The average Bonchev–Trinajstić information content (AvgIpc) is 3.36. The molecule has 1 aliphatic carbocycles. The first-order valence-corrected chi connectivity index (χ1v) is 13.7. The minimum Gasteiger partial charge on any atom is -0.490 e. The third-order valence-electron chi connectivity index (χ3n) is 7.24. The van der Waals surface area contributed by atoms with E-state index in [4.69, 9.17) is 19.9 Å². The number of fused-ring (bicyclic) bond motifs is 1. The van der Waals surface area contributed by atoms with Crippen molar-refractivity contribution in [3.63, 3.8) is 0 Å². The summed E-state index contributed by atoms with van der Waals surface area (Å²) in [5.41, 5.74) is 7.18. The molecule has 1 aliphatic heterocycles. The van der Waals surface area contributed by atoms with Gasteiger partial charge in [0.2, 0.25) is 0 Å². The molecule has 1 saturated heterocycles. The molecule has 3 heterocycles. The number of benzene rings is 1. The van der Waals surface area contributed by atoms with Gasteiger partial charge in [0.1, 0.15) is 18.1 Å². The number of aliphatic hydroxyl groups is 1. The van der Waals surface area contributed by atoms with Gasteiger partial charge in [-0.25, -0.2) is 4.52 Å². The van der Waals surface area contributed by atoms with Crippen molar-refractivity contribution in [3.8, 4) is 11.5 Å². The quantitative estimate of drug-likeness (QED) is 0.369. The SMILES string of the molecule is CC(C)(O)COc1ccc2c(C(=O)NC3CCC(Oc4cc(N5CCOCC5)ccc4C(N)=O)CC3)cnn2c1. The Morgan fingerprint density at radius 1 is 1.12 bits per heavy atom. The third kappa shape index (κ3) is 6.65. The van der Waals surface area contributed by atoms with Crippen LogP contribution in [-0.2, 0) is 4.74 Å². The number of rotatable bonds is 9. The molecule has 0 bridgehead atoms. The summed E-state index contributed by atoms with van der Waals surface area (Å²) in [5, 5.41) is 17.3. The number of ether oxygens (including phenoxy) is 3. The van der Waals surface area contributed by atoms with Crippen LogP contribution < -0.4 is 25.4 Å². The van der Waals surface area contributed by atoms with Crippen molar-refractivity contribution in [1.29, 1.82) is 0 Å². The molecular weight excluding hydrogens is 514 g/mol. The molecule has 2 fully saturated rings. The van der Waals surface area contributed by atoms with Gasteiger partial charge >= 0.3 is 0 Å². The monoisotopic (exact) mass is 551 g/mol. The molecule has 3 aromatic rings. The third-order valence-corrected chi connectivity index (χ3v) is 7.24. The van der Waals surface area contributed by atoms with Crippen LogP contribution in [0.25, 0.3) is 5.52 Å². The van der Waals surface area contributed by atoms with Crippen LogP contribution in [0.5, 0.6) is 11.5 Å². The summed E-state index contributed by atoms with van der Waals surface area (Å²) in [6.07, 6.45) is 6.13. The standard InChI is InChI=1S/C29H37N5O6/c1-29(2,37)18-39-22-8-10-25-24(16-31-34(25)17-22)28(36)32-19-3-6-21(7-4-19)40-26-15-20(5-9-23(26)27(30)35)33-11-13-38-14-12-33/h5,8-10,15-17,19,21,37H,3-4,6-7,11-14,18H2,1-2H3,(H2,30,35)(H,32,36). The van der Waals surface area contributed by atoms with E-state index in [0.29, 0.717) is 41.4 Å². The number of aromatic nitrogens is 2. The van der Waals surface area contributed by atoms with Gasteiger partial charge < -0.3 is 35.3 Å². The normalized spacial score (nSPS) is 19.8. The summed E-state index contributed by atoms with van der Waals surface area (Å²) in [6, 6.07) is 9.07. The molecule has 1 saturated carbocycles. The Labute approximate surface area is 233 Å². The highest BCUT2D eigenvalue weighted by molar-refractivity contribution is 6.00. The van der Waals surface area contributed by atoms with Gasteiger partial charge in [-0.15, -0.1) is 0 Å². The second-order valence-corrected chi connectivity index (χ2v) is 11.1. The summed E-state index contributed by atoms with van der Waals surface area (Å²) >= 11 is 0. The number of carbonyl (C=O) groups excluding carboxylic acids is 2. The molecule has 1 aromatic carbocycles. The average molecular weight is 552 g/mol. The van der Waals surface area contributed by atoms with Crippen molar-refractivity contribution in [1.82, 2.24) is 14.9 Å². The zero-order valence-electron chi connectivity index (χ0n) is 23.0. The molecule has 0 unspecified atom stereocenters. The molecular formula is C29H37N5O6.